The summed E-state index contributed by atoms with van der Waals surface area (Å²) in [5.41, 5.74) is 2.20. The van der Waals surface area contributed by atoms with E-state index in [0.717, 1.165) is 36.0 Å². The van der Waals surface area contributed by atoms with Crippen molar-refractivity contribution < 1.29 is 14.3 Å². The fourth-order valence-corrected chi connectivity index (χ4v) is 3.53. The summed E-state index contributed by atoms with van der Waals surface area (Å²) < 4.78 is 5.09. The van der Waals surface area contributed by atoms with Crippen molar-refractivity contribution in [1.82, 2.24) is 5.32 Å². The lowest BCUT2D eigenvalue weighted by Gasteiger charge is -2.31. The monoisotopic (exact) mass is 376 g/mol. The fraction of sp³-hybridized carbons (Fsp3) is 0.348. The molecule has 28 heavy (non-hydrogen) atoms. The topological polar surface area (TPSA) is 79.2 Å². The fourth-order valence-electron chi connectivity index (χ4n) is 3.53. The Morgan fingerprint density at radius 3 is 2.25 bits per heavy atom. The number of nitriles is 1. The zero-order chi connectivity index (χ0) is 19.8. The van der Waals surface area contributed by atoms with Crippen molar-refractivity contribution in [2.24, 2.45) is 0 Å². The van der Waals surface area contributed by atoms with Crippen molar-refractivity contribution in [1.29, 1.82) is 5.26 Å². The van der Waals surface area contributed by atoms with E-state index >= 15 is 0 Å². The van der Waals surface area contributed by atoms with E-state index < -0.39 is 17.4 Å². The van der Waals surface area contributed by atoms with E-state index in [1.54, 1.807) is 0 Å². The second kappa shape index (κ2) is 9.18. The molecule has 0 saturated heterocycles. The van der Waals surface area contributed by atoms with E-state index in [4.69, 9.17) is 4.74 Å². The molecule has 5 nitrogen and oxygen atoms in total. The van der Waals surface area contributed by atoms with Gasteiger partial charge in [-0.25, -0.2) is 0 Å². The van der Waals surface area contributed by atoms with Gasteiger partial charge >= 0.3 is 5.97 Å². The number of hydrogen-bond donors (Lipinski definition) is 1. The van der Waals surface area contributed by atoms with Gasteiger partial charge in [-0.15, -0.1) is 0 Å². The van der Waals surface area contributed by atoms with Crippen LogP contribution < -0.4 is 5.32 Å². The summed E-state index contributed by atoms with van der Waals surface area (Å²) in [6.07, 6.45) is 4.33. The lowest BCUT2D eigenvalue weighted by molar-refractivity contribution is -0.148. The first kappa shape index (κ1) is 19.6. The van der Waals surface area contributed by atoms with Gasteiger partial charge in [-0.05, 0) is 29.5 Å². The van der Waals surface area contributed by atoms with Crippen molar-refractivity contribution in [3.63, 3.8) is 0 Å². The Kier molecular flexibility index (Phi) is 6.44. The average molecular weight is 376 g/mol. The number of esters is 1. The van der Waals surface area contributed by atoms with E-state index in [0.29, 0.717) is 12.8 Å². The molecule has 0 bridgehead atoms. The van der Waals surface area contributed by atoms with E-state index in [1.165, 1.54) is 0 Å². The van der Waals surface area contributed by atoms with Gasteiger partial charge < -0.3 is 10.1 Å². The smallest absolute Gasteiger partial charge is 0.310 e. The number of amides is 1. The minimum Gasteiger partial charge on any atom is -0.455 e. The third kappa shape index (κ3) is 5.20. The first-order chi connectivity index (χ1) is 13.6. The Morgan fingerprint density at radius 1 is 0.964 bits per heavy atom. The van der Waals surface area contributed by atoms with Crippen molar-refractivity contribution in [3.8, 4) is 17.2 Å². The van der Waals surface area contributed by atoms with Crippen LogP contribution >= 0.6 is 0 Å². The summed E-state index contributed by atoms with van der Waals surface area (Å²) in [5.74, 6) is -0.881. The molecule has 2 aromatic rings. The summed E-state index contributed by atoms with van der Waals surface area (Å²) >= 11 is 0. The minimum atomic E-state index is -0.811. The van der Waals surface area contributed by atoms with Gasteiger partial charge in [0.2, 0.25) is 0 Å². The molecule has 5 heteroatoms. The Hall–Kier alpha value is -3.13. The molecule has 1 aliphatic rings. The lowest BCUT2D eigenvalue weighted by atomic mass is 9.83. The van der Waals surface area contributed by atoms with Crippen molar-refractivity contribution in [3.05, 3.63) is 60.2 Å². The van der Waals surface area contributed by atoms with Gasteiger partial charge in [0.1, 0.15) is 5.54 Å². The van der Waals surface area contributed by atoms with Crippen LogP contribution in [-0.4, -0.2) is 24.0 Å². The maximum atomic E-state index is 12.1. The molecule has 1 fully saturated rings. The van der Waals surface area contributed by atoms with Crippen LogP contribution in [0, 0.1) is 11.3 Å². The molecule has 1 N–H and O–H groups in total. The predicted molar refractivity (Wildman–Crippen MR) is 106 cm³/mol. The highest BCUT2D eigenvalue weighted by Crippen LogP contribution is 2.27. The van der Waals surface area contributed by atoms with Crippen LogP contribution in [0.25, 0.3) is 11.1 Å². The van der Waals surface area contributed by atoms with Crippen LogP contribution in [0.15, 0.2) is 54.6 Å². The molecular formula is C23H24N2O3. The van der Waals surface area contributed by atoms with Gasteiger partial charge in [0.05, 0.1) is 12.5 Å². The number of ether oxygens (including phenoxy) is 1. The summed E-state index contributed by atoms with van der Waals surface area (Å²) in [7, 11) is 0. The standard InChI is InChI=1S/C23H24N2O3/c24-17-23(13-5-2-6-14-23)25-21(26)16-28-22(27)15-18-9-11-20(12-10-18)19-7-3-1-4-8-19/h1,3-4,7-12H,2,5-6,13-16H2,(H,25,26). The van der Waals surface area contributed by atoms with Gasteiger partial charge in [0, 0.05) is 0 Å². The molecule has 0 unspecified atom stereocenters. The Morgan fingerprint density at radius 2 is 1.61 bits per heavy atom. The summed E-state index contributed by atoms with van der Waals surface area (Å²) in [4.78, 5) is 24.1. The molecule has 2 aromatic carbocycles. The van der Waals surface area contributed by atoms with Gasteiger partial charge in [-0.1, -0.05) is 73.9 Å². The Balaban J connectivity index is 1.47. The molecule has 0 atom stereocenters. The molecular weight excluding hydrogens is 352 g/mol. The minimum absolute atomic E-state index is 0.103. The van der Waals surface area contributed by atoms with Crippen LogP contribution in [0.4, 0.5) is 0 Å². The Labute approximate surface area is 165 Å². The number of hydrogen-bond acceptors (Lipinski definition) is 4. The van der Waals surface area contributed by atoms with Gasteiger partial charge in [0.25, 0.3) is 5.91 Å². The van der Waals surface area contributed by atoms with Crippen molar-refractivity contribution in [2.45, 2.75) is 44.1 Å². The summed E-state index contributed by atoms with van der Waals surface area (Å²) in [6, 6.07) is 19.9. The SMILES string of the molecule is N#CC1(NC(=O)COC(=O)Cc2ccc(-c3ccccc3)cc2)CCCCC1. The van der Waals surface area contributed by atoms with Crippen LogP contribution in [-0.2, 0) is 20.7 Å². The molecule has 1 aliphatic carbocycles. The average Bonchev–Trinajstić information content (AvgIpc) is 2.74. The van der Waals surface area contributed by atoms with Gasteiger partial charge in [-0.2, -0.15) is 5.26 Å². The quantitative estimate of drug-likeness (QED) is 0.778. The lowest BCUT2D eigenvalue weighted by Crippen LogP contribution is -2.50. The van der Waals surface area contributed by atoms with Crippen molar-refractivity contribution >= 4 is 11.9 Å². The highest BCUT2D eigenvalue weighted by Gasteiger charge is 2.33. The third-order valence-electron chi connectivity index (χ3n) is 5.07. The van der Waals surface area contributed by atoms with Crippen LogP contribution in [0.1, 0.15) is 37.7 Å². The summed E-state index contributed by atoms with van der Waals surface area (Å²) in [5, 5.41) is 12.1. The van der Waals surface area contributed by atoms with E-state index in [9.17, 15) is 14.9 Å². The normalized spacial score (nSPS) is 15.2. The first-order valence-electron chi connectivity index (χ1n) is 9.62. The number of nitrogens with zero attached hydrogens (tertiary/aromatic N) is 1. The molecule has 144 valence electrons. The number of rotatable bonds is 6. The first-order valence-corrected chi connectivity index (χ1v) is 9.62. The molecule has 0 aromatic heterocycles. The van der Waals surface area contributed by atoms with E-state index in [-0.39, 0.29) is 13.0 Å². The molecule has 1 amide bonds. The zero-order valence-corrected chi connectivity index (χ0v) is 15.8. The Bertz CT molecular complexity index is 848. The number of carbonyl (C=O) groups excluding carboxylic acids is 2. The van der Waals surface area contributed by atoms with Crippen molar-refractivity contribution in [2.75, 3.05) is 6.61 Å². The molecule has 3 rings (SSSR count). The van der Waals surface area contributed by atoms with Crippen LogP contribution in [0.2, 0.25) is 0 Å². The summed E-state index contributed by atoms with van der Waals surface area (Å²) in [6.45, 7) is -0.357. The zero-order valence-electron chi connectivity index (χ0n) is 15.8. The highest BCUT2D eigenvalue weighted by molar-refractivity contribution is 5.82. The van der Waals surface area contributed by atoms with Gasteiger partial charge in [0.15, 0.2) is 6.61 Å². The van der Waals surface area contributed by atoms with Crippen LogP contribution in [0.5, 0.6) is 0 Å². The second-order valence-corrected chi connectivity index (χ2v) is 7.20. The van der Waals surface area contributed by atoms with E-state index in [1.807, 2.05) is 54.6 Å². The molecule has 1 saturated carbocycles. The number of nitrogens with one attached hydrogen (secondary N) is 1. The largest absolute Gasteiger partial charge is 0.455 e. The van der Waals surface area contributed by atoms with E-state index in [2.05, 4.69) is 11.4 Å². The maximum Gasteiger partial charge on any atom is 0.310 e. The molecule has 0 aliphatic heterocycles. The van der Waals surface area contributed by atoms with Gasteiger partial charge in [-0.3, -0.25) is 9.59 Å². The van der Waals surface area contributed by atoms with Crippen LogP contribution in [0.3, 0.4) is 0 Å². The third-order valence-corrected chi connectivity index (χ3v) is 5.07. The number of benzene rings is 2. The number of carbonyl (C=O) groups is 2. The highest BCUT2D eigenvalue weighted by atomic mass is 16.5. The molecule has 0 radical (unpaired) electrons. The second-order valence-electron chi connectivity index (χ2n) is 7.20. The molecule has 0 heterocycles. The maximum absolute atomic E-state index is 12.1. The predicted octanol–water partition coefficient (Wildman–Crippen LogP) is 3.78. The molecule has 0 spiro atoms.